The molecule has 4 heteroatoms. The number of rotatable bonds is 5. The third kappa shape index (κ3) is 2.98. The van der Waals surface area contributed by atoms with Gasteiger partial charge in [-0.25, -0.2) is 4.98 Å². The summed E-state index contributed by atoms with van der Waals surface area (Å²) in [5.41, 5.74) is 0. The zero-order valence-corrected chi connectivity index (χ0v) is 11.1. The molecule has 86 valence electrons. The second kappa shape index (κ2) is 5.56. The molecular formula is C11H21N3S. The van der Waals surface area contributed by atoms with Crippen molar-refractivity contribution in [1.82, 2.24) is 14.7 Å². The van der Waals surface area contributed by atoms with E-state index in [9.17, 15) is 0 Å². The first-order chi connectivity index (χ1) is 7.10. The van der Waals surface area contributed by atoms with Gasteiger partial charge in [-0.3, -0.25) is 0 Å². The van der Waals surface area contributed by atoms with Gasteiger partial charge in [-0.2, -0.15) is 4.37 Å². The van der Waals surface area contributed by atoms with Gasteiger partial charge in [-0.05, 0) is 25.0 Å². The first-order valence-corrected chi connectivity index (χ1v) is 6.38. The Morgan fingerprint density at radius 2 is 2.00 bits per heavy atom. The van der Waals surface area contributed by atoms with Crippen molar-refractivity contribution in [3.63, 3.8) is 0 Å². The highest BCUT2D eigenvalue weighted by atomic mass is 32.1. The maximum absolute atomic E-state index is 4.59. The van der Waals surface area contributed by atoms with Crippen LogP contribution in [0.3, 0.4) is 0 Å². The Labute approximate surface area is 96.5 Å². The molecule has 3 nitrogen and oxygen atoms in total. The van der Waals surface area contributed by atoms with Crippen LogP contribution in [0.15, 0.2) is 0 Å². The average molecular weight is 227 g/mol. The van der Waals surface area contributed by atoms with Crippen molar-refractivity contribution >= 4 is 11.5 Å². The minimum atomic E-state index is 0.428. The molecule has 1 aromatic heterocycles. The molecule has 0 saturated heterocycles. The Bertz CT molecular complexity index is 292. The molecule has 1 aromatic rings. The molecule has 2 unspecified atom stereocenters. The molecule has 0 fully saturated rings. The molecule has 0 spiro atoms. The van der Waals surface area contributed by atoms with Crippen LogP contribution in [0.1, 0.15) is 56.8 Å². The molecule has 0 radical (unpaired) electrons. The molecule has 1 rings (SSSR count). The minimum Gasteiger partial charge on any atom is -0.316 e. The fraction of sp³-hybridized carbons (Fsp3) is 0.818. The summed E-state index contributed by atoms with van der Waals surface area (Å²) in [6.45, 7) is 8.68. The highest BCUT2D eigenvalue weighted by molar-refractivity contribution is 7.05. The van der Waals surface area contributed by atoms with Crippen LogP contribution in [0, 0.1) is 0 Å². The average Bonchev–Trinajstić information content (AvgIpc) is 2.68. The molecule has 1 heterocycles. The lowest BCUT2D eigenvalue weighted by atomic mass is 10.0. The van der Waals surface area contributed by atoms with Gasteiger partial charge in [0.2, 0.25) is 0 Å². The monoisotopic (exact) mass is 227 g/mol. The van der Waals surface area contributed by atoms with E-state index in [0.717, 1.165) is 17.3 Å². The maximum atomic E-state index is 4.59. The van der Waals surface area contributed by atoms with Crippen molar-refractivity contribution in [2.75, 3.05) is 7.05 Å². The maximum Gasteiger partial charge on any atom is 0.145 e. The third-order valence-corrected chi connectivity index (χ3v) is 3.71. The number of hydrogen-bond donors (Lipinski definition) is 1. The minimum absolute atomic E-state index is 0.428. The summed E-state index contributed by atoms with van der Waals surface area (Å²) in [7, 11) is 2.01. The number of likely N-dealkylation sites (N-methyl/N-ethyl adjacent to an activating group) is 1. The summed E-state index contributed by atoms with van der Waals surface area (Å²) in [6.07, 6.45) is 1.12. The van der Waals surface area contributed by atoms with Crippen molar-refractivity contribution in [3.8, 4) is 0 Å². The Kier molecular flexibility index (Phi) is 4.67. The van der Waals surface area contributed by atoms with Gasteiger partial charge in [0.1, 0.15) is 10.8 Å². The van der Waals surface area contributed by atoms with E-state index in [2.05, 4.69) is 42.4 Å². The third-order valence-electron chi connectivity index (χ3n) is 2.78. The molecule has 0 aromatic carbocycles. The van der Waals surface area contributed by atoms with Crippen LogP contribution in [0.25, 0.3) is 0 Å². The Morgan fingerprint density at radius 1 is 1.33 bits per heavy atom. The van der Waals surface area contributed by atoms with Gasteiger partial charge in [0.15, 0.2) is 0 Å². The zero-order chi connectivity index (χ0) is 11.4. The summed E-state index contributed by atoms with van der Waals surface area (Å²) < 4.78 is 4.39. The summed E-state index contributed by atoms with van der Waals surface area (Å²) >= 11 is 1.54. The van der Waals surface area contributed by atoms with E-state index in [1.165, 1.54) is 0 Å². The SMILES string of the molecule is CCC(NC)C(C)c1nc(C(C)C)ns1. The van der Waals surface area contributed by atoms with Gasteiger partial charge in [0, 0.05) is 17.9 Å². The lowest BCUT2D eigenvalue weighted by Gasteiger charge is -2.19. The quantitative estimate of drug-likeness (QED) is 0.840. The smallest absolute Gasteiger partial charge is 0.145 e. The Morgan fingerprint density at radius 3 is 2.40 bits per heavy atom. The number of hydrogen-bond acceptors (Lipinski definition) is 4. The second-order valence-corrected chi connectivity index (χ2v) is 5.02. The zero-order valence-electron chi connectivity index (χ0n) is 10.2. The molecule has 0 amide bonds. The summed E-state index contributed by atoms with van der Waals surface area (Å²) in [5.74, 6) is 1.86. The number of nitrogens with zero attached hydrogens (tertiary/aromatic N) is 2. The fourth-order valence-corrected chi connectivity index (χ4v) is 2.55. The molecule has 15 heavy (non-hydrogen) atoms. The lowest BCUT2D eigenvalue weighted by Crippen LogP contribution is -2.29. The van der Waals surface area contributed by atoms with Crippen molar-refractivity contribution < 1.29 is 0 Å². The summed E-state index contributed by atoms with van der Waals surface area (Å²) in [4.78, 5) is 4.59. The molecule has 0 saturated carbocycles. The molecule has 0 aliphatic carbocycles. The van der Waals surface area contributed by atoms with Gasteiger partial charge < -0.3 is 5.32 Å². The summed E-state index contributed by atoms with van der Waals surface area (Å²) in [6, 6.07) is 0.498. The van der Waals surface area contributed by atoms with E-state index in [0.29, 0.717) is 17.9 Å². The molecular weight excluding hydrogens is 206 g/mol. The topological polar surface area (TPSA) is 37.8 Å². The molecule has 0 aliphatic heterocycles. The lowest BCUT2D eigenvalue weighted by molar-refractivity contribution is 0.470. The Balaban J connectivity index is 2.77. The van der Waals surface area contributed by atoms with Crippen LogP contribution >= 0.6 is 11.5 Å². The van der Waals surface area contributed by atoms with E-state index < -0.39 is 0 Å². The molecule has 0 aliphatic rings. The van der Waals surface area contributed by atoms with Crippen molar-refractivity contribution in [3.05, 3.63) is 10.8 Å². The van der Waals surface area contributed by atoms with Crippen molar-refractivity contribution in [1.29, 1.82) is 0 Å². The normalized spacial score (nSPS) is 15.6. The molecule has 1 N–H and O–H groups in total. The number of nitrogens with one attached hydrogen (secondary N) is 1. The van der Waals surface area contributed by atoms with Crippen LogP contribution < -0.4 is 5.32 Å². The van der Waals surface area contributed by atoms with E-state index >= 15 is 0 Å². The highest BCUT2D eigenvalue weighted by Gasteiger charge is 2.20. The largest absolute Gasteiger partial charge is 0.316 e. The van der Waals surface area contributed by atoms with E-state index in [4.69, 9.17) is 0 Å². The van der Waals surface area contributed by atoms with E-state index in [1.807, 2.05) is 7.05 Å². The van der Waals surface area contributed by atoms with E-state index in [-0.39, 0.29) is 0 Å². The second-order valence-electron chi connectivity index (χ2n) is 4.24. The summed E-state index contributed by atoms with van der Waals surface area (Å²) in [5, 5.41) is 4.48. The van der Waals surface area contributed by atoms with Crippen molar-refractivity contribution in [2.24, 2.45) is 0 Å². The van der Waals surface area contributed by atoms with Gasteiger partial charge in [-0.15, -0.1) is 0 Å². The van der Waals surface area contributed by atoms with Gasteiger partial charge >= 0.3 is 0 Å². The fourth-order valence-electron chi connectivity index (χ4n) is 1.65. The van der Waals surface area contributed by atoms with Crippen LogP contribution in [-0.2, 0) is 0 Å². The Hall–Kier alpha value is -0.480. The van der Waals surface area contributed by atoms with E-state index in [1.54, 1.807) is 11.5 Å². The highest BCUT2D eigenvalue weighted by Crippen LogP contribution is 2.24. The van der Waals surface area contributed by atoms with Crippen molar-refractivity contribution in [2.45, 2.75) is 52.0 Å². The van der Waals surface area contributed by atoms with Crippen LogP contribution in [-0.4, -0.2) is 22.4 Å². The van der Waals surface area contributed by atoms with Gasteiger partial charge in [0.25, 0.3) is 0 Å². The first kappa shape index (κ1) is 12.6. The first-order valence-electron chi connectivity index (χ1n) is 5.60. The van der Waals surface area contributed by atoms with Gasteiger partial charge in [-0.1, -0.05) is 27.7 Å². The molecule has 0 bridgehead atoms. The standard InChI is InChI=1S/C11H21N3S/c1-6-9(12-5)8(4)11-13-10(7(2)3)14-15-11/h7-9,12H,6H2,1-5H3. The van der Waals surface area contributed by atoms with Crippen LogP contribution in [0.2, 0.25) is 0 Å². The predicted octanol–water partition coefficient (Wildman–Crippen LogP) is 2.76. The number of aromatic nitrogens is 2. The predicted molar refractivity (Wildman–Crippen MR) is 65.6 cm³/mol. The van der Waals surface area contributed by atoms with Crippen LogP contribution in [0.5, 0.6) is 0 Å². The molecule has 2 atom stereocenters. The van der Waals surface area contributed by atoms with Crippen LogP contribution in [0.4, 0.5) is 0 Å². The van der Waals surface area contributed by atoms with Gasteiger partial charge in [0.05, 0.1) is 0 Å².